The van der Waals surface area contributed by atoms with Crippen LogP contribution in [0.25, 0.3) is 0 Å². The third kappa shape index (κ3) is 3.28. The number of hydrogen-bond donors (Lipinski definition) is 0. The first kappa shape index (κ1) is 14.4. The van der Waals surface area contributed by atoms with E-state index in [-0.39, 0.29) is 0 Å². The molecular formula is C16H25NO2. The average molecular weight is 263 g/mol. The van der Waals surface area contributed by atoms with Crippen molar-refractivity contribution in [3.8, 4) is 5.75 Å². The summed E-state index contributed by atoms with van der Waals surface area (Å²) in [5.41, 5.74) is 2.47. The van der Waals surface area contributed by atoms with Crippen molar-refractivity contribution in [2.45, 2.75) is 51.9 Å². The van der Waals surface area contributed by atoms with E-state index in [1.165, 1.54) is 18.4 Å². The summed E-state index contributed by atoms with van der Waals surface area (Å²) >= 11 is 0. The van der Waals surface area contributed by atoms with Gasteiger partial charge in [-0.1, -0.05) is 6.07 Å². The fourth-order valence-corrected chi connectivity index (χ4v) is 2.97. The Bertz CT molecular complexity index is 409. The number of benzene rings is 1. The van der Waals surface area contributed by atoms with Crippen LogP contribution in [-0.2, 0) is 17.9 Å². The second kappa shape index (κ2) is 6.40. The SMILES string of the molecule is COCc1cc(CN2[C@H](C)CC[C@@H]2C)ccc1OC. The van der Waals surface area contributed by atoms with Crippen molar-refractivity contribution in [1.82, 2.24) is 4.90 Å². The first-order valence-corrected chi connectivity index (χ1v) is 7.06. The van der Waals surface area contributed by atoms with Crippen LogP contribution in [0.3, 0.4) is 0 Å². The second-order valence-electron chi connectivity index (χ2n) is 5.53. The number of ether oxygens (including phenoxy) is 2. The normalized spacial score (nSPS) is 23.8. The molecule has 3 nitrogen and oxygen atoms in total. The molecule has 0 N–H and O–H groups in total. The van der Waals surface area contributed by atoms with Crippen molar-refractivity contribution in [3.05, 3.63) is 29.3 Å². The molecule has 19 heavy (non-hydrogen) atoms. The lowest BCUT2D eigenvalue weighted by molar-refractivity contribution is 0.181. The predicted octanol–water partition coefficient (Wildman–Crippen LogP) is 3.21. The molecule has 1 aromatic rings. The predicted molar refractivity (Wildman–Crippen MR) is 77.4 cm³/mol. The van der Waals surface area contributed by atoms with Gasteiger partial charge in [0.05, 0.1) is 13.7 Å². The van der Waals surface area contributed by atoms with Crippen LogP contribution < -0.4 is 4.74 Å². The Hall–Kier alpha value is -1.06. The van der Waals surface area contributed by atoms with Gasteiger partial charge in [-0.25, -0.2) is 0 Å². The molecule has 1 aliphatic heterocycles. The van der Waals surface area contributed by atoms with Crippen molar-refractivity contribution in [2.24, 2.45) is 0 Å². The van der Waals surface area contributed by atoms with Crippen LogP contribution in [0.2, 0.25) is 0 Å². The van der Waals surface area contributed by atoms with E-state index in [9.17, 15) is 0 Å². The number of nitrogens with zero attached hydrogens (tertiary/aromatic N) is 1. The second-order valence-corrected chi connectivity index (χ2v) is 5.53. The molecule has 1 saturated heterocycles. The van der Waals surface area contributed by atoms with Gasteiger partial charge in [-0.3, -0.25) is 4.90 Å². The lowest BCUT2D eigenvalue weighted by atomic mass is 10.1. The van der Waals surface area contributed by atoms with Crippen molar-refractivity contribution >= 4 is 0 Å². The third-order valence-corrected chi connectivity index (χ3v) is 4.14. The lowest BCUT2D eigenvalue weighted by Gasteiger charge is -2.26. The van der Waals surface area contributed by atoms with E-state index >= 15 is 0 Å². The Kier molecular flexibility index (Phi) is 4.83. The first-order chi connectivity index (χ1) is 9.15. The van der Waals surface area contributed by atoms with Crippen LogP contribution in [0, 0.1) is 0 Å². The molecule has 106 valence electrons. The van der Waals surface area contributed by atoms with E-state index in [1.807, 2.05) is 0 Å². The van der Waals surface area contributed by atoms with E-state index in [2.05, 4.69) is 36.9 Å². The first-order valence-electron chi connectivity index (χ1n) is 7.06. The van der Waals surface area contributed by atoms with Gasteiger partial charge in [0.15, 0.2) is 0 Å². The van der Waals surface area contributed by atoms with E-state index in [0.29, 0.717) is 18.7 Å². The summed E-state index contributed by atoms with van der Waals surface area (Å²) in [6, 6.07) is 7.79. The lowest BCUT2D eigenvalue weighted by Crippen LogP contribution is -2.32. The monoisotopic (exact) mass is 263 g/mol. The molecule has 2 atom stereocenters. The maximum atomic E-state index is 5.37. The molecule has 0 aromatic heterocycles. The average Bonchev–Trinajstić information content (AvgIpc) is 2.71. The molecule has 0 unspecified atom stereocenters. The molecule has 0 radical (unpaired) electrons. The molecule has 1 aromatic carbocycles. The molecule has 1 aliphatic rings. The zero-order valence-corrected chi connectivity index (χ0v) is 12.5. The third-order valence-electron chi connectivity index (χ3n) is 4.14. The van der Waals surface area contributed by atoms with Crippen LogP contribution in [0.15, 0.2) is 18.2 Å². The fourth-order valence-electron chi connectivity index (χ4n) is 2.97. The summed E-state index contributed by atoms with van der Waals surface area (Å²) in [7, 11) is 3.43. The van der Waals surface area contributed by atoms with Crippen LogP contribution >= 0.6 is 0 Å². The van der Waals surface area contributed by atoms with Gasteiger partial charge in [-0.2, -0.15) is 0 Å². The summed E-state index contributed by atoms with van der Waals surface area (Å²) in [5, 5.41) is 0. The molecule has 1 fully saturated rings. The largest absolute Gasteiger partial charge is 0.496 e. The zero-order chi connectivity index (χ0) is 13.8. The van der Waals surface area contributed by atoms with Gasteiger partial charge < -0.3 is 9.47 Å². The topological polar surface area (TPSA) is 21.7 Å². The molecular weight excluding hydrogens is 238 g/mol. The summed E-state index contributed by atoms with van der Waals surface area (Å²) in [6.45, 7) is 6.26. The number of likely N-dealkylation sites (tertiary alicyclic amines) is 1. The zero-order valence-electron chi connectivity index (χ0n) is 12.5. The highest BCUT2D eigenvalue weighted by molar-refractivity contribution is 5.37. The number of hydrogen-bond acceptors (Lipinski definition) is 3. The van der Waals surface area contributed by atoms with Crippen molar-refractivity contribution in [1.29, 1.82) is 0 Å². The maximum absolute atomic E-state index is 5.37. The van der Waals surface area contributed by atoms with Gasteiger partial charge in [0.1, 0.15) is 5.75 Å². The Morgan fingerprint density at radius 2 is 1.84 bits per heavy atom. The minimum absolute atomic E-state index is 0.599. The molecule has 0 amide bonds. The van der Waals surface area contributed by atoms with Gasteiger partial charge in [0.25, 0.3) is 0 Å². The van der Waals surface area contributed by atoms with Gasteiger partial charge in [0.2, 0.25) is 0 Å². The Morgan fingerprint density at radius 3 is 2.42 bits per heavy atom. The maximum Gasteiger partial charge on any atom is 0.124 e. The van der Waals surface area contributed by atoms with Crippen molar-refractivity contribution in [3.63, 3.8) is 0 Å². The minimum atomic E-state index is 0.599. The Labute approximate surface area is 116 Å². The standard InChI is InChI=1S/C16H25NO2/c1-12-5-6-13(2)17(12)10-14-7-8-16(19-4)15(9-14)11-18-3/h7-9,12-13H,5-6,10-11H2,1-4H3/t12-,13+. The molecule has 0 spiro atoms. The minimum Gasteiger partial charge on any atom is -0.496 e. The van der Waals surface area contributed by atoms with Gasteiger partial charge in [-0.05, 0) is 44.4 Å². The van der Waals surface area contributed by atoms with Crippen molar-refractivity contribution < 1.29 is 9.47 Å². The van der Waals surface area contributed by atoms with Gasteiger partial charge in [-0.15, -0.1) is 0 Å². The van der Waals surface area contributed by atoms with E-state index < -0.39 is 0 Å². The Morgan fingerprint density at radius 1 is 1.16 bits per heavy atom. The quantitative estimate of drug-likeness (QED) is 0.814. The summed E-state index contributed by atoms with van der Waals surface area (Å²) in [5.74, 6) is 0.910. The smallest absolute Gasteiger partial charge is 0.124 e. The van der Waals surface area contributed by atoms with Crippen LogP contribution in [0.4, 0.5) is 0 Å². The summed E-state index contributed by atoms with van der Waals surface area (Å²) in [6.07, 6.45) is 2.62. The molecule has 0 saturated carbocycles. The van der Waals surface area contributed by atoms with E-state index in [0.717, 1.165) is 17.9 Å². The van der Waals surface area contributed by atoms with Gasteiger partial charge >= 0.3 is 0 Å². The van der Waals surface area contributed by atoms with Crippen molar-refractivity contribution in [2.75, 3.05) is 14.2 Å². The molecule has 3 heteroatoms. The highest BCUT2D eigenvalue weighted by Crippen LogP contribution is 2.27. The van der Waals surface area contributed by atoms with E-state index in [1.54, 1.807) is 14.2 Å². The van der Waals surface area contributed by atoms with Crippen LogP contribution in [0.1, 0.15) is 37.8 Å². The molecule has 0 aliphatic carbocycles. The van der Waals surface area contributed by atoms with Gasteiger partial charge in [0, 0.05) is 31.3 Å². The van der Waals surface area contributed by atoms with Crippen LogP contribution in [0.5, 0.6) is 5.75 Å². The summed E-state index contributed by atoms with van der Waals surface area (Å²) in [4.78, 5) is 2.58. The summed E-state index contributed by atoms with van der Waals surface area (Å²) < 4.78 is 10.6. The number of methoxy groups -OCH3 is 2. The van der Waals surface area contributed by atoms with E-state index in [4.69, 9.17) is 9.47 Å². The molecule has 0 bridgehead atoms. The number of rotatable bonds is 5. The van der Waals surface area contributed by atoms with Crippen LogP contribution in [-0.4, -0.2) is 31.2 Å². The highest BCUT2D eigenvalue weighted by atomic mass is 16.5. The molecule has 2 rings (SSSR count). The Balaban J connectivity index is 2.14. The molecule has 1 heterocycles. The fraction of sp³-hybridized carbons (Fsp3) is 0.625. The highest BCUT2D eigenvalue weighted by Gasteiger charge is 2.27.